The maximum absolute atomic E-state index is 13.6. The lowest BCUT2D eigenvalue weighted by Gasteiger charge is -2.25. The molecule has 0 amide bonds. The molecule has 12 heteroatoms. The van der Waals surface area contributed by atoms with Crippen molar-refractivity contribution < 1.29 is 9.90 Å². The van der Waals surface area contributed by atoms with E-state index in [1.54, 1.807) is 29.9 Å². The predicted molar refractivity (Wildman–Crippen MR) is 158 cm³/mol. The van der Waals surface area contributed by atoms with Crippen molar-refractivity contribution in [1.29, 1.82) is 0 Å². The Balaban J connectivity index is 1.32. The third-order valence-corrected chi connectivity index (χ3v) is 8.28. The summed E-state index contributed by atoms with van der Waals surface area (Å²) < 4.78 is 1.64. The third-order valence-electron chi connectivity index (χ3n) is 8.07. The summed E-state index contributed by atoms with van der Waals surface area (Å²) in [5.41, 5.74) is 3.31. The molecule has 2 N–H and O–H groups in total. The number of hydrogen-bond donors (Lipinski definition) is 2. The van der Waals surface area contributed by atoms with Crippen molar-refractivity contribution in [2.75, 3.05) is 41.3 Å². The van der Waals surface area contributed by atoms with Crippen molar-refractivity contribution in [3.8, 4) is 0 Å². The fourth-order valence-electron chi connectivity index (χ4n) is 6.09. The zero-order chi connectivity index (χ0) is 29.0. The number of halogens is 1. The van der Waals surface area contributed by atoms with Crippen LogP contribution in [0.3, 0.4) is 0 Å². The fourth-order valence-corrected chi connectivity index (χ4v) is 6.24. The topological polar surface area (TPSA) is 129 Å². The molecule has 0 saturated carbocycles. The monoisotopic (exact) mass is 574 g/mol. The Bertz CT molecular complexity index is 1730. The second-order valence-electron chi connectivity index (χ2n) is 11.1. The van der Waals surface area contributed by atoms with Crippen LogP contribution in [0.1, 0.15) is 40.3 Å². The first kappa shape index (κ1) is 26.9. The van der Waals surface area contributed by atoms with Gasteiger partial charge in [0.25, 0.3) is 5.56 Å². The number of benzene rings is 1. The van der Waals surface area contributed by atoms with Crippen LogP contribution in [-0.2, 0) is 7.05 Å². The summed E-state index contributed by atoms with van der Waals surface area (Å²) in [6.07, 6.45) is 1.80. The first-order chi connectivity index (χ1) is 19.6. The summed E-state index contributed by atoms with van der Waals surface area (Å²) in [6, 6.07) is 8.51. The normalized spacial score (nSPS) is 19.0. The van der Waals surface area contributed by atoms with Crippen LogP contribution in [0.15, 0.2) is 41.3 Å². The number of aromatic carboxylic acids is 1. The van der Waals surface area contributed by atoms with Crippen LogP contribution < -0.4 is 20.7 Å². The number of aromatic nitrogens is 5. The molecule has 1 aromatic carbocycles. The summed E-state index contributed by atoms with van der Waals surface area (Å²) >= 11 is 5.94. The van der Waals surface area contributed by atoms with Gasteiger partial charge in [-0.05, 0) is 50.6 Å². The Labute approximate surface area is 241 Å². The zero-order valence-electron chi connectivity index (χ0n) is 23.3. The van der Waals surface area contributed by atoms with Crippen LogP contribution >= 0.6 is 11.6 Å². The van der Waals surface area contributed by atoms with Crippen molar-refractivity contribution in [1.82, 2.24) is 24.5 Å². The van der Waals surface area contributed by atoms with Crippen LogP contribution in [0, 0.1) is 25.7 Å². The molecule has 41 heavy (non-hydrogen) atoms. The van der Waals surface area contributed by atoms with E-state index in [1.165, 1.54) is 0 Å². The van der Waals surface area contributed by atoms with Crippen LogP contribution in [0.2, 0.25) is 5.15 Å². The Kier molecular flexibility index (Phi) is 6.77. The summed E-state index contributed by atoms with van der Waals surface area (Å²) in [5.74, 6) is 1.04. The number of pyridine rings is 1. The Hall–Kier alpha value is -4.25. The molecule has 3 aromatic heterocycles. The van der Waals surface area contributed by atoms with Crippen molar-refractivity contribution in [3.63, 3.8) is 0 Å². The molecule has 6 rings (SSSR count). The SMILES string of the molecule is Cc1cc([C@@H](C)Nc2ccc(Cl)nc2C(=O)O)c2nc(N3C[C@H]4CN(c5nccc(C)n5)C[C@H]4C3)n(C)c(=O)c2c1. The number of hydrogen-bond acceptors (Lipinski definition) is 9. The van der Waals surface area contributed by atoms with Gasteiger partial charge in [0.1, 0.15) is 5.15 Å². The minimum atomic E-state index is -1.18. The highest BCUT2D eigenvalue weighted by Crippen LogP contribution is 2.35. The highest BCUT2D eigenvalue weighted by Gasteiger charge is 2.42. The van der Waals surface area contributed by atoms with Crippen LogP contribution in [0.5, 0.6) is 0 Å². The second-order valence-corrected chi connectivity index (χ2v) is 11.4. The Morgan fingerprint density at radius 3 is 2.44 bits per heavy atom. The van der Waals surface area contributed by atoms with Crippen LogP contribution in [0.25, 0.3) is 10.9 Å². The number of nitrogens with one attached hydrogen (secondary N) is 1. The van der Waals surface area contributed by atoms with Gasteiger partial charge in [0.05, 0.1) is 22.6 Å². The average molecular weight is 575 g/mol. The lowest BCUT2D eigenvalue weighted by molar-refractivity contribution is 0.0691. The van der Waals surface area contributed by atoms with Gasteiger partial charge in [0.15, 0.2) is 5.69 Å². The van der Waals surface area contributed by atoms with Crippen molar-refractivity contribution in [2.24, 2.45) is 18.9 Å². The highest BCUT2D eigenvalue weighted by atomic mass is 35.5. The molecule has 2 aliphatic heterocycles. The molecule has 11 nitrogen and oxygen atoms in total. The Morgan fingerprint density at radius 2 is 1.76 bits per heavy atom. The summed E-state index contributed by atoms with van der Waals surface area (Å²) in [6.45, 7) is 9.10. The molecular formula is C29H31ClN8O3. The maximum atomic E-state index is 13.6. The molecule has 0 spiro atoms. The van der Waals surface area contributed by atoms with Gasteiger partial charge in [-0.3, -0.25) is 9.36 Å². The van der Waals surface area contributed by atoms with E-state index in [4.69, 9.17) is 16.6 Å². The van der Waals surface area contributed by atoms with Gasteiger partial charge >= 0.3 is 5.97 Å². The number of anilines is 3. The van der Waals surface area contributed by atoms with Gasteiger partial charge in [-0.25, -0.2) is 24.7 Å². The molecule has 0 aliphatic carbocycles. The number of carboxylic acids is 1. The van der Waals surface area contributed by atoms with E-state index in [0.717, 1.165) is 48.9 Å². The number of fused-ring (bicyclic) bond motifs is 2. The van der Waals surface area contributed by atoms with Gasteiger partial charge in [-0.1, -0.05) is 17.7 Å². The third kappa shape index (κ3) is 4.94. The van der Waals surface area contributed by atoms with Crippen molar-refractivity contribution in [2.45, 2.75) is 26.8 Å². The molecule has 0 bridgehead atoms. The quantitative estimate of drug-likeness (QED) is 0.328. The Morgan fingerprint density at radius 1 is 1.05 bits per heavy atom. The first-order valence-electron chi connectivity index (χ1n) is 13.6. The van der Waals surface area contributed by atoms with Crippen molar-refractivity contribution >= 4 is 46.1 Å². The van der Waals surface area contributed by atoms with E-state index in [-0.39, 0.29) is 22.4 Å². The zero-order valence-corrected chi connectivity index (χ0v) is 24.1. The second kappa shape index (κ2) is 10.3. The van der Waals surface area contributed by atoms with E-state index in [9.17, 15) is 14.7 Å². The molecule has 2 aliphatic rings. The lowest BCUT2D eigenvalue weighted by atomic mass is 10.0. The van der Waals surface area contributed by atoms with Gasteiger partial charge in [-0.2, -0.15) is 0 Å². The molecule has 2 saturated heterocycles. The number of aryl methyl sites for hydroxylation is 2. The average Bonchev–Trinajstić information content (AvgIpc) is 3.51. The van der Waals surface area contributed by atoms with Crippen LogP contribution in [-0.4, -0.2) is 61.8 Å². The van der Waals surface area contributed by atoms with Crippen molar-refractivity contribution in [3.05, 3.63) is 74.6 Å². The standard InChI is InChI=1S/C29H31ClN8O3/c1-15-9-20(17(3)33-22-5-6-23(30)34-25(22)27(40)41)24-21(10-15)26(39)36(4)29(35-24)38-13-18-11-37(12-19(18)14-38)28-31-8-7-16(2)32-28/h5-10,17-19,33H,11-14H2,1-4H3,(H,40,41)/t17-,18-,19+/m1/s1. The summed E-state index contributed by atoms with van der Waals surface area (Å²) in [7, 11) is 1.77. The lowest BCUT2D eigenvalue weighted by Crippen LogP contribution is -2.34. The molecule has 4 aromatic rings. The van der Waals surface area contributed by atoms with E-state index >= 15 is 0 Å². The molecular weight excluding hydrogens is 544 g/mol. The maximum Gasteiger partial charge on any atom is 0.356 e. The van der Waals surface area contributed by atoms with Gasteiger partial charge in [0, 0.05) is 62.5 Å². The number of rotatable bonds is 6. The predicted octanol–water partition coefficient (Wildman–Crippen LogP) is 3.83. The highest BCUT2D eigenvalue weighted by molar-refractivity contribution is 6.29. The fraction of sp³-hybridized carbons (Fsp3) is 0.379. The number of carboxylic acid groups (broad SMARTS) is 1. The summed E-state index contributed by atoms with van der Waals surface area (Å²) in [4.78, 5) is 48.0. The van der Waals surface area contributed by atoms with Gasteiger partial charge in [0.2, 0.25) is 11.9 Å². The largest absolute Gasteiger partial charge is 0.476 e. The first-order valence-corrected chi connectivity index (χ1v) is 13.9. The molecule has 5 heterocycles. The summed E-state index contributed by atoms with van der Waals surface area (Å²) in [5, 5.41) is 13.5. The van der Waals surface area contributed by atoms with E-state index in [0.29, 0.717) is 34.4 Å². The molecule has 2 fully saturated rings. The van der Waals surface area contributed by atoms with E-state index in [2.05, 4.69) is 30.1 Å². The van der Waals surface area contributed by atoms with Gasteiger partial charge < -0.3 is 20.2 Å². The minimum absolute atomic E-state index is 0.0984. The van der Waals surface area contributed by atoms with Crippen LogP contribution in [0.4, 0.5) is 17.6 Å². The number of carbonyl (C=O) groups is 1. The molecule has 0 radical (unpaired) electrons. The molecule has 0 unspecified atom stereocenters. The minimum Gasteiger partial charge on any atom is -0.476 e. The molecule has 3 atom stereocenters. The number of nitrogens with zero attached hydrogens (tertiary/aromatic N) is 7. The van der Waals surface area contributed by atoms with Gasteiger partial charge in [-0.15, -0.1) is 0 Å². The van der Waals surface area contributed by atoms with E-state index < -0.39 is 5.97 Å². The molecule has 212 valence electrons. The van der Waals surface area contributed by atoms with E-state index in [1.807, 2.05) is 39.0 Å². The smallest absolute Gasteiger partial charge is 0.356 e.